The molecule has 12 rings (SSSR count). The molecule has 0 spiro atoms. The molecule has 0 bridgehead atoms. The zero-order chi connectivity index (χ0) is 42.1. The lowest BCUT2D eigenvalue weighted by molar-refractivity contribution is 0.660. The Hall–Kier alpha value is -7.86. The molecule has 11 aromatic rings. The number of para-hydroxylation sites is 2. The van der Waals surface area contributed by atoms with E-state index in [9.17, 15) is 0 Å². The molecule has 0 aliphatic heterocycles. The lowest BCUT2D eigenvalue weighted by Crippen LogP contribution is -2.16. The molecule has 9 aromatic carbocycles. The largest absolute Gasteiger partial charge is 0.310 e. The van der Waals surface area contributed by atoms with E-state index in [1.807, 2.05) is 0 Å². The van der Waals surface area contributed by atoms with E-state index in [1.54, 1.807) is 0 Å². The Kier molecular flexibility index (Phi) is 8.63. The maximum Gasteiger partial charge on any atom is 0.0620 e. The summed E-state index contributed by atoms with van der Waals surface area (Å²) >= 11 is 0. The van der Waals surface area contributed by atoms with Gasteiger partial charge in [-0.25, -0.2) is 0 Å². The van der Waals surface area contributed by atoms with E-state index in [2.05, 4.69) is 243 Å². The maximum atomic E-state index is 4.00. The SMILES string of the molecule is C#C.Cc1cc(N(c2ccc(-c3ccccc3)cc2)c2cccc3c2-c2ccccc2C3(C)C)ccc1-c1ccc(-c2cccc3c2c2cccc4c5ccccc5n3c42)cc1. The molecule has 0 radical (unpaired) electrons. The molecule has 0 fully saturated rings. The van der Waals surface area contributed by atoms with Gasteiger partial charge in [0.15, 0.2) is 0 Å². The molecule has 0 amide bonds. The van der Waals surface area contributed by atoms with E-state index in [-0.39, 0.29) is 5.41 Å². The van der Waals surface area contributed by atoms with Crippen molar-refractivity contribution in [2.24, 2.45) is 0 Å². The number of aryl methyl sites for hydroxylation is 1. The van der Waals surface area contributed by atoms with E-state index in [0.717, 1.165) is 11.4 Å². The first-order valence-corrected chi connectivity index (χ1v) is 21.4. The van der Waals surface area contributed by atoms with Gasteiger partial charge in [0.1, 0.15) is 0 Å². The van der Waals surface area contributed by atoms with Gasteiger partial charge in [-0.05, 0) is 105 Å². The molecule has 0 saturated carbocycles. The third-order valence-corrected chi connectivity index (χ3v) is 13.3. The third-order valence-electron chi connectivity index (χ3n) is 13.3. The van der Waals surface area contributed by atoms with E-state index >= 15 is 0 Å². The lowest BCUT2D eigenvalue weighted by atomic mass is 9.82. The Balaban J connectivity index is 0.00000213. The monoisotopic (exact) mass is 792 g/mol. The van der Waals surface area contributed by atoms with Crippen LogP contribution in [0.2, 0.25) is 0 Å². The van der Waals surface area contributed by atoms with Crippen LogP contribution < -0.4 is 4.90 Å². The van der Waals surface area contributed by atoms with Crippen LogP contribution in [0, 0.1) is 19.8 Å². The Labute approximate surface area is 363 Å². The normalized spacial score (nSPS) is 12.7. The molecule has 2 heteroatoms. The standard InChI is InChI=1S/C58H42N2.C2H2/c1-37-36-43(59(42-32-30-39(31-33-42)38-14-5-4-6-15-38)54-25-13-22-51-56(54)48-17-7-9-21-50(48)58(51,2)3)34-35-44(37)40-26-28-41(29-27-40)45-18-12-24-53-55(45)49-20-11-19-47-46-16-8-10-23-52(46)60(53)57(47)49;1-2/h4-36H,1-3H3;1-2H. The topological polar surface area (TPSA) is 7.65 Å². The fourth-order valence-electron chi connectivity index (χ4n) is 10.4. The number of nitrogens with zero attached hydrogens (tertiary/aromatic N) is 2. The second kappa shape index (κ2) is 14.4. The first kappa shape index (κ1) is 37.2. The van der Waals surface area contributed by atoms with Crippen molar-refractivity contribution in [3.8, 4) is 57.4 Å². The van der Waals surface area contributed by atoms with Gasteiger partial charge in [-0.3, -0.25) is 0 Å². The molecule has 0 atom stereocenters. The first-order chi connectivity index (χ1) is 30.5. The van der Waals surface area contributed by atoms with Gasteiger partial charge < -0.3 is 9.30 Å². The zero-order valence-electron chi connectivity index (χ0n) is 35.1. The fraction of sp³-hybridized carbons (Fsp3) is 0.0667. The highest BCUT2D eigenvalue weighted by Crippen LogP contribution is 2.54. The van der Waals surface area contributed by atoms with Crippen LogP contribution in [0.3, 0.4) is 0 Å². The van der Waals surface area contributed by atoms with Crippen LogP contribution >= 0.6 is 0 Å². The van der Waals surface area contributed by atoms with Gasteiger partial charge in [-0.15, -0.1) is 12.8 Å². The molecule has 2 heterocycles. The van der Waals surface area contributed by atoms with Crippen molar-refractivity contribution in [1.82, 2.24) is 4.40 Å². The van der Waals surface area contributed by atoms with Gasteiger partial charge in [0.05, 0.1) is 22.2 Å². The minimum Gasteiger partial charge on any atom is -0.310 e. The summed E-state index contributed by atoms with van der Waals surface area (Å²) < 4.78 is 2.46. The van der Waals surface area contributed by atoms with Crippen molar-refractivity contribution in [2.45, 2.75) is 26.2 Å². The molecule has 1 aliphatic rings. The number of anilines is 3. The van der Waals surface area contributed by atoms with Crippen molar-refractivity contribution in [2.75, 3.05) is 4.90 Å². The van der Waals surface area contributed by atoms with Gasteiger partial charge >= 0.3 is 0 Å². The Morgan fingerprint density at radius 2 is 1.00 bits per heavy atom. The fourth-order valence-corrected chi connectivity index (χ4v) is 10.4. The third kappa shape index (κ3) is 5.52. The van der Waals surface area contributed by atoms with E-state index in [4.69, 9.17) is 0 Å². The van der Waals surface area contributed by atoms with Crippen molar-refractivity contribution in [3.05, 3.63) is 217 Å². The summed E-state index contributed by atoms with van der Waals surface area (Å²) in [6, 6.07) is 74.0. The molecular weight excluding hydrogens is 749 g/mol. The van der Waals surface area contributed by atoms with Crippen molar-refractivity contribution < 1.29 is 0 Å². The van der Waals surface area contributed by atoms with Crippen LogP contribution in [-0.4, -0.2) is 4.40 Å². The number of fused-ring (bicyclic) bond motifs is 9. The van der Waals surface area contributed by atoms with Crippen molar-refractivity contribution >= 4 is 55.2 Å². The van der Waals surface area contributed by atoms with Gasteiger partial charge in [-0.1, -0.05) is 172 Å². The van der Waals surface area contributed by atoms with Crippen LogP contribution in [0.4, 0.5) is 17.1 Å². The first-order valence-electron chi connectivity index (χ1n) is 21.4. The molecule has 2 aromatic heterocycles. The van der Waals surface area contributed by atoms with Crippen molar-refractivity contribution in [1.29, 1.82) is 0 Å². The average Bonchev–Trinajstić information content (AvgIpc) is 3.94. The van der Waals surface area contributed by atoms with Crippen LogP contribution in [0.25, 0.3) is 82.6 Å². The summed E-state index contributed by atoms with van der Waals surface area (Å²) in [5.41, 5.74) is 21.2. The average molecular weight is 793 g/mol. The molecule has 0 N–H and O–H groups in total. The molecule has 1 aliphatic carbocycles. The van der Waals surface area contributed by atoms with Crippen LogP contribution in [0.5, 0.6) is 0 Å². The Bertz CT molecular complexity index is 3490. The summed E-state index contributed by atoms with van der Waals surface area (Å²) in [5, 5.41) is 5.24. The summed E-state index contributed by atoms with van der Waals surface area (Å²) in [4.78, 5) is 2.46. The van der Waals surface area contributed by atoms with Crippen LogP contribution in [0.15, 0.2) is 200 Å². The zero-order valence-corrected chi connectivity index (χ0v) is 35.1. The highest BCUT2D eigenvalue weighted by molar-refractivity contribution is 6.25. The van der Waals surface area contributed by atoms with Crippen molar-refractivity contribution in [3.63, 3.8) is 0 Å². The molecule has 62 heavy (non-hydrogen) atoms. The van der Waals surface area contributed by atoms with Crippen LogP contribution in [-0.2, 0) is 5.41 Å². The number of benzene rings is 9. The summed E-state index contributed by atoms with van der Waals surface area (Å²) in [6.45, 7) is 6.96. The maximum absolute atomic E-state index is 4.00. The van der Waals surface area contributed by atoms with E-state index in [0.29, 0.717) is 0 Å². The lowest BCUT2D eigenvalue weighted by Gasteiger charge is -2.29. The predicted molar refractivity (Wildman–Crippen MR) is 264 cm³/mol. The highest BCUT2D eigenvalue weighted by atomic mass is 15.1. The van der Waals surface area contributed by atoms with Gasteiger partial charge in [0.2, 0.25) is 0 Å². The minimum atomic E-state index is -0.0941. The van der Waals surface area contributed by atoms with E-state index in [1.165, 1.54) is 105 Å². The molecule has 294 valence electrons. The van der Waals surface area contributed by atoms with E-state index < -0.39 is 0 Å². The van der Waals surface area contributed by atoms with Crippen LogP contribution in [0.1, 0.15) is 30.5 Å². The second-order valence-corrected chi connectivity index (χ2v) is 16.9. The Morgan fingerprint density at radius 3 is 1.79 bits per heavy atom. The second-order valence-electron chi connectivity index (χ2n) is 16.9. The minimum absolute atomic E-state index is 0.0941. The smallest absolute Gasteiger partial charge is 0.0620 e. The van der Waals surface area contributed by atoms with Gasteiger partial charge in [-0.2, -0.15) is 0 Å². The van der Waals surface area contributed by atoms with Gasteiger partial charge in [0, 0.05) is 43.9 Å². The predicted octanol–water partition coefficient (Wildman–Crippen LogP) is 16.2. The number of hydrogen-bond acceptors (Lipinski definition) is 1. The number of aromatic nitrogens is 1. The molecular formula is C60H44N2. The Morgan fingerprint density at radius 1 is 0.435 bits per heavy atom. The summed E-state index contributed by atoms with van der Waals surface area (Å²) in [6.07, 6.45) is 8.00. The quantitative estimate of drug-likeness (QED) is 0.152. The molecule has 0 unspecified atom stereocenters. The summed E-state index contributed by atoms with van der Waals surface area (Å²) in [5.74, 6) is 0. The number of rotatable bonds is 6. The number of hydrogen-bond donors (Lipinski definition) is 0. The number of terminal acetylenes is 1. The molecule has 0 saturated heterocycles. The molecule has 2 nitrogen and oxygen atoms in total. The summed E-state index contributed by atoms with van der Waals surface area (Å²) in [7, 11) is 0. The highest BCUT2D eigenvalue weighted by Gasteiger charge is 2.37. The van der Waals surface area contributed by atoms with Gasteiger partial charge in [0.25, 0.3) is 0 Å².